The predicted molar refractivity (Wildman–Crippen MR) is 116 cm³/mol. The molecular formula is C23H30O9. The zero-order chi connectivity index (χ0) is 23.2. The van der Waals surface area contributed by atoms with Crippen molar-refractivity contribution < 1.29 is 43.1 Å². The van der Waals surface area contributed by atoms with Crippen molar-refractivity contribution in [2.45, 2.75) is 19.1 Å². The summed E-state index contributed by atoms with van der Waals surface area (Å²) in [6.45, 7) is 1.82. The molecule has 2 atom stereocenters. The lowest BCUT2D eigenvalue weighted by Crippen LogP contribution is -2.32. The van der Waals surface area contributed by atoms with Gasteiger partial charge in [0.15, 0.2) is 29.1 Å². The number of aliphatic hydroxyl groups excluding tert-OH is 1. The van der Waals surface area contributed by atoms with Gasteiger partial charge in [-0.05, 0) is 31.2 Å². The molecule has 2 unspecified atom stereocenters. The molecule has 0 amide bonds. The highest BCUT2D eigenvalue weighted by Crippen LogP contribution is 2.26. The van der Waals surface area contributed by atoms with Crippen molar-refractivity contribution in [2.75, 3.05) is 47.3 Å². The van der Waals surface area contributed by atoms with Crippen LogP contribution in [0.2, 0.25) is 0 Å². The van der Waals surface area contributed by atoms with Crippen LogP contribution in [0.4, 0.5) is 4.79 Å². The van der Waals surface area contributed by atoms with E-state index in [0.717, 1.165) is 0 Å². The van der Waals surface area contributed by atoms with Gasteiger partial charge in [0.05, 0.1) is 34.0 Å². The summed E-state index contributed by atoms with van der Waals surface area (Å²) in [5.41, 5.74) is 0. The van der Waals surface area contributed by atoms with Crippen molar-refractivity contribution in [2.24, 2.45) is 0 Å². The second-order valence-corrected chi connectivity index (χ2v) is 6.54. The summed E-state index contributed by atoms with van der Waals surface area (Å²) in [6, 6.07) is 14.2. The van der Waals surface area contributed by atoms with Crippen LogP contribution >= 0.6 is 0 Å². The first-order chi connectivity index (χ1) is 15.6. The van der Waals surface area contributed by atoms with Crippen LogP contribution in [0.1, 0.15) is 6.92 Å². The Hall–Kier alpha value is -3.17. The van der Waals surface area contributed by atoms with Crippen LogP contribution in [0, 0.1) is 0 Å². The Balaban J connectivity index is 1.83. The van der Waals surface area contributed by atoms with Gasteiger partial charge in [-0.1, -0.05) is 24.3 Å². The van der Waals surface area contributed by atoms with Crippen LogP contribution in [0.15, 0.2) is 48.5 Å². The number of aliphatic hydroxyl groups is 1. The molecule has 0 aliphatic heterocycles. The number of carbonyl (C=O) groups excluding carboxylic acids is 1. The molecule has 0 saturated carbocycles. The normalized spacial score (nSPS) is 12.4. The maximum atomic E-state index is 11.7. The molecular weight excluding hydrogens is 420 g/mol. The monoisotopic (exact) mass is 450 g/mol. The second kappa shape index (κ2) is 14.0. The van der Waals surface area contributed by atoms with Crippen LogP contribution in [0.5, 0.6) is 23.0 Å². The summed E-state index contributed by atoms with van der Waals surface area (Å²) in [5.74, 6) is 2.13. The largest absolute Gasteiger partial charge is 0.508 e. The molecule has 0 aromatic heterocycles. The predicted octanol–water partition coefficient (Wildman–Crippen LogP) is 3.08. The topological polar surface area (TPSA) is 102 Å². The third-order valence-electron chi connectivity index (χ3n) is 4.13. The molecule has 0 bridgehead atoms. The summed E-state index contributed by atoms with van der Waals surface area (Å²) in [7, 11) is 3.07. The van der Waals surface area contributed by atoms with Crippen molar-refractivity contribution in [1.29, 1.82) is 0 Å². The molecule has 2 aromatic carbocycles. The fraction of sp³-hybridized carbons (Fsp3) is 0.435. The first-order valence-electron chi connectivity index (χ1n) is 10.2. The lowest BCUT2D eigenvalue weighted by molar-refractivity contribution is -0.0519. The summed E-state index contributed by atoms with van der Waals surface area (Å²) in [6.07, 6.45) is -2.50. The third kappa shape index (κ3) is 8.52. The van der Waals surface area contributed by atoms with Gasteiger partial charge in [-0.3, -0.25) is 0 Å². The van der Waals surface area contributed by atoms with Gasteiger partial charge >= 0.3 is 6.16 Å². The molecule has 1 N–H and O–H groups in total. The zero-order valence-corrected chi connectivity index (χ0v) is 18.5. The highest BCUT2D eigenvalue weighted by Gasteiger charge is 2.19. The number of hydrogen-bond acceptors (Lipinski definition) is 9. The van der Waals surface area contributed by atoms with Crippen molar-refractivity contribution in [3.05, 3.63) is 48.5 Å². The molecule has 0 saturated heterocycles. The zero-order valence-electron chi connectivity index (χ0n) is 18.5. The van der Waals surface area contributed by atoms with Crippen LogP contribution in [-0.2, 0) is 14.2 Å². The highest BCUT2D eigenvalue weighted by molar-refractivity contribution is 5.60. The summed E-state index contributed by atoms with van der Waals surface area (Å²) < 4.78 is 37.3. The van der Waals surface area contributed by atoms with Gasteiger partial charge in [0.2, 0.25) is 0 Å². The lowest BCUT2D eigenvalue weighted by Gasteiger charge is -2.20. The minimum atomic E-state index is -0.904. The minimum absolute atomic E-state index is 0.00148. The fourth-order valence-corrected chi connectivity index (χ4v) is 2.63. The number of methoxy groups -OCH3 is 2. The van der Waals surface area contributed by atoms with Gasteiger partial charge in [-0.25, -0.2) is 4.79 Å². The van der Waals surface area contributed by atoms with Crippen molar-refractivity contribution >= 4 is 6.16 Å². The van der Waals surface area contributed by atoms with E-state index in [-0.39, 0.29) is 33.0 Å². The van der Waals surface area contributed by atoms with Gasteiger partial charge in [0, 0.05) is 0 Å². The van der Waals surface area contributed by atoms with Crippen LogP contribution in [-0.4, -0.2) is 70.7 Å². The highest BCUT2D eigenvalue weighted by atomic mass is 16.7. The number of rotatable bonds is 14. The molecule has 2 aromatic rings. The Labute approximate surface area is 187 Å². The molecule has 0 heterocycles. The van der Waals surface area contributed by atoms with E-state index in [2.05, 4.69) is 0 Å². The van der Waals surface area contributed by atoms with Gasteiger partial charge in [0.1, 0.15) is 19.3 Å². The van der Waals surface area contributed by atoms with E-state index < -0.39 is 18.4 Å². The lowest BCUT2D eigenvalue weighted by atomic mass is 10.3. The molecule has 9 heteroatoms. The van der Waals surface area contributed by atoms with Crippen molar-refractivity contribution in [3.8, 4) is 23.0 Å². The van der Waals surface area contributed by atoms with Crippen LogP contribution < -0.4 is 18.9 Å². The maximum Gasteiger partial charge on any atom is 0.508 e. The third-order valence-corrected chi connectivity index (χ3v) is 4.13. The molecule has 0 spiro atoms. The smallest absolute Gasteiger partial charge is 0.493 e. The van der Waals surface area contributed by atoms with E-state index in [9.17, 15) is 9.90 Å². The molecule has 32 heavy (non-hydrogen) atoms. The number of carbonyl (C=O) groups is 1. The van der Waals surface area contributed by atoms with E-state index in [4.69, 9.17) is 33.2 Å². The summed E-state index contributed by atoms with van der Waals surface area (Å²) in [5, 5.41) is 10.2. The van der Waals surface area contributed by atoms with Crippen LogP contribution in [0.3, 0.4) is 0 Å². The van der Waals surface area contributed by atoms with Crippen molar-refractivity contribution in [3.63, 3.8) is 0 Å². The molecule has 0 aliphatic carbocycles. The Morgan fingerprint density at radius 2 is 1.34 bits per heavy atom. The summed E-state index contributed by atoms with van der Waals surface area (Å²) in [4.78, 5) is 11.7. The number of ether oxygens (including phenoxy) is 7. The second-order valence-electron chi connectivity index (χ2n) is 6.54. The van der Waals surface area contributed by atoms with E-state index >= 15 is 0 Å². The molecule has 0 radical (unpaired) electrons. The SMILES string of the molecule is CCOC(=O)OC(COCC(O)COc1ccccc1OC)COc1ccccc1OC. The summed E-state index contributed by atoms with van der Waals surface area (Å²) >= 11 is 0. The number of para-hydroxylation sites is 4. The minimum Gasteiger partial charge on any atom is -0.493 e. The Kier molecular flexibility index (Phi) is 11.0. The molecule has 176 valence electrons. The van der Waals surface area contributed by atoms with E-state index in [1.807, 2.05) is 12.1 Å². The fourth-order valence-electron chi connectivity index (χ4n) is 2.63. The standard InChI is InChI=1S/C23H30O9/c1-4-29-23(25)32-18(16-31-22-12-8-6-10-20(22)27-3)15-28-13-17(24)14-30-21-11-7-5-9-19(21)26-2/h5-12,17-18,24H,4,13-16H2,1-3H3. The van der Waals surface area contributed by atoms with Crippen LogP contribution in [0.25, 0.3) is 0 Å². The van der Waals surface area contributed by atoms with Crippen molar-refractivity contribution in [1.82, 2.24) is 0 Å². The van der Waals surface area contributed by atoms with Gasteiger partial charge in [-0.15, -0.1) is 0 Å². The molecule has 9 nitrogen and oxygen atoms in total. The molecule has 2 rings (SSSR count). The average molecular weight is 450 g/mol. The number of benzene rings is 2. The number of hydrogen-bond donors (Lipinski definition) is 1. The quantitative estimate of drug-likeness (QED) is 0.435. The average Bonchev–Trinajstić information content (AvgIpc) is 2.81. The van der Waals surface area contributed by atoms with Gasteiger partial charge < -0.3 is 38.3 Å². The van der Waals surface area contributed by atoms with Gasteiger partial charge in [0.25, 0.3) is 0 Å². The Morgan fingerprint density at radius 1 is 0.812 bits per heavy atom. The first kappa shape index (κ1) is 25.1. The Bertz CT molecular complexity index is 812. The van der Waals surface area contributed by atoms with E-state index in [1.165, 1.54) is 7.11 Å². The Morgan fingerprint density at radius 3 is 1.88 bits per heavy atom. The first-order valence-corrected chi connectivity index (χ1v) is 10.2. The maximum absolute atomic E-state index is 11.7. The van der Waals surface area contributed by atoms with E-state index in [0.29, 0.717) is 23.0 Å². The molecule has 0 aliphatic rings. The molecule has 0 fully saturated rings. The van der Waals surface area contributed by atoms with E-state index in [1.54, 1.807) is 50.4 Å². The van der Waals surface area contributed by atoms with Gasteiger partial charge in [-0.2, -0.15) is 0 Å².